The zero-order valence-corrected chi connectivity index (χ0v) is 15.2. The summed E-state index contributed by atoms with van der Waals surface area (Å²) in [5.41, 5.74) is 0.815. The summed E-state index contributed by atoms with van der Waals surface area (Å²) in [4.78, 5) is 19.5. The average molecular weight is 375 g/mol. The Morgan fingerprint density at radius 3 is 3.00 bits per heavy atom. The summed E-state index contributed by atoms with van der Waals surface area (Å²) in [6.07, 6.45) is -0.0148. The number of thiophene rings is 1. The van der Waals surface area contributed by atoms with Crippen LogP contribution < -0.4 is 14.8 Å². The lowest BCUT2D eigenvalue weighted by molar-refractivity contribution is 0.0443. The number of rotatable bonds is 5. The maximum Gasteiger partial charge on any atom is 0.317 e. The molecule has 6 nitrogen and oxygen atoms in total. The second kappa shape index (κ2) is 6.89. The van der Waals surface area contributed by atoms with E-state index in [0.717, 1.165) is 20.8 Å². The summed E-state index contributed by atoms with van der Waals surface area (Å²) in [5.74, 6) is 0.742. The number of carbonyl (C=O) groups is 1. The molecule has 2 aromatic heterocycles. The van der Waals surface area contributed by atoms with Crippen LogP contribution in [0.25, 0.3) is 10.2 Å². The van der Waals surface area contributed by atoms with Gasteiger partial charge in [0.25, 0.3) is 5.19 Å². The first-order valence-electron chi connectivity index (χ1n) is 7.88. The molecule has 130 valence electrons. The molecular formula is C17H17N3O3S2. The normalized spacial score (nSPS) is 14.4. The van der Waals surface area contributed by atoms with Crippen molar-refractivity contribution in [1.29, 1.82) is 0 Å². The van der Waals surface area contributed by atoms with E-state index in [2.05, 4.69) is 10.3 Å². The largest absolute Gasteiger partial charge is 0.494 e. The summed E-state index contributed by atoms with van der Waals surface area (Å²) < 4.78 is 12.2. The van der Waals surface area contributed by atoms with Crippen LogP contribution >= 0.6 is 22.7 Å². The number of ether oxygens (including phenoxy) is 2. The van der Waals surface area contributed by atoms with E-state index in [9.17, 15) is 4.79 Å². The van der Waals surface area contributed by atoms with Gasteiger partial charge in [-0.15, -0.1) is 11.3 Å². The highest BCUT2D eigenvalue weighted by atomic mass is 32.1. The number of fused-ring (bicyclic) bond motifs is 1. The van der Waals surface area contributed by atoms with Crippen LogP contribution in [0.5, 0.6) is 10.9 Å². The van der Waals surface area contributed by atoms with Crippen molar-refractivity contribution in [3.63, 3.8) is 0 Å². The van der Waals surface area contributed by atoms with Crippen LogP contribution in [0, 0.1) is 0 Å². The summed E-state index contributed by atoms with van der Waals surface area (Å²) in [6.45, 7) is 1.71. The van der Waals surface area contributed by atoms with E-state index in [0.29, 0.717) is 24.8 Å². The Hall–Kier alpha value is -2.32. The molecule has 1 N–H and O–H groups in total. The van der Waals surface area contributed by atoms with Crippen molar-refractivity contribution >= 4 is 38.9 Å². The van der Waals surface area contributed by atoms with Crippen molar-refractivity contribution in [3.8, 4) is 10.9 Å². The first-order chi connectivity index (χ1) is 12.2. The third kappa shape index (κ3) is 3.40. The zero-order chi connectivity index (χ0) is 17.2. The standard InChI is InChI=1S/C17H17N3O3S2/c1-22-13-5-2-6-14-15(13)19-17(25-14)23-11-9-20(10-11)16(21)18-8-12-4-3-7-24-12/h2-7,11H,8-10H2,1H3,(H,18,21). The molecule has 25 heavy (non-hydrogen) atoms. The van der Waals surface area contributed by atoms with Gasteiger partial charge in [0, 0.05) is 4.88 Å². The van der Waals surface area contributed by atoms with E-state index in [-0.39, 0.29) is 12.1 Å². The number of amides is 2. The third-order valence-electron chi connectivity index (χ3n) is 3.98. The minimum absolute atomic E-state index is 0.0148. The van der Waals surface area contributed by atoms with Crippen molar-refractivity contribution in [1.82, 2.24) is 15.2 Å². The number of nitrogens with zero attached hydrogens (tertiary/aromatic N) is 2. The predicted molar refractivity (Wildman–Crippen MR) is 98.7 cm³/mol. The molecule has 0 bridgehead atoms. The third-order valence-corrected chi connectivity index (χ3v) is 5.77. The minimum Gasteiger partial charge on any atom is -0.494 e. The smallest absolute Gasteiger partial charge is 0.317 e. The van der Waals surface area contributed by atoms with Gasteiger partial charge < -0.3 is 19.7 Å². The fourth-order valence-corrected chi connectivity index (χ4v) is 4.17. The molecule has 3 aromatic rings. The molecule has 1 saturated heterocycles. The molecule has 2 amide bonds. The van der Waals surface area contributed by atoms with E-state index < -0.39 is 0 Å². The number of hydrogen-bond acceptors (Lipinski definition) is 6. The topological polar surface area (TPSA) is 63.7 Å². The molecule has 1 aliphatic heterocycles. The van der Waals surface area contributed by atoms with Crippen LogP contribution in [0.4, 0.5) is 4.79 Å². The summed E-state index contributed by atoms with van der Waals surface area (Å²) in [7, 11) is 1.63. The van der Waals surface area contributed by atoms with Crippen LogP contribution in [-0.4, -0.2) is 42.2 Å². The van der Waals surface area contributed by atoms with Crippen molar-refractivity contribution in [3.05, 3.63) is 40.6 Å². The highest BCUT2D eigenvalue weighted by molar-refractivity contribution is 7.20. The lowest BCUT2D eigenvalue weighted by Crippen LogP contribution is -2.58. The number of carbonyl (C=O) groups excluding carboxylic acids is 1. The SMILES string of the molecule is COc1cccc2sc(OC3CN(C(=O)NCc4cccs4)C3)nc12. The molecule has 1 aromatic carbocycles. The molecule has 0 spiro atoms. The zero-order valence-electron chi connectivity index (χ0n) is 13.6. The van der Waals surface area contributed by atoms with Gasteiger partial charge in [-0.2, -0.15) is 4.98 Å². The summed E-state index contributed by atoms with van der Waals surface area (Å²) in [5, 5.41) is 5.54. The van der Waals surface area contributed by atoms with Gasteiger partial charge in [0.05, 0.1) is 31.4 Å². The van der Waals surface area contributed by atoms with E-state index in [1.807, 2.05) is 35.7 Å². The molecule has 3 heterocycles. The molecule has 0 aliphatic carbocycles. The van der Waals surface area contributed by atoms with E-state index >= 15 is 0 Å². The summed E-state index contributed by atoms with van der Waals surface area (Å²) >= 11 is 3.13. The monoisotopic (exact) mass is 375 g/mol. The number of likely N-dealkylation sites (tertiary alicyclic amines) is 1. The Morgan fingerprint density at radius 1 is 1.36 bits per heavy atom. The van der Waals surface area contributed by atoms with Gasteiger partial charge in [0.2, 0.25) is 0 Å². The Labute approximate surface area is 153 Å². The first-order valence-corrected chi connectivity index (χ1v) is 9.58. The fourth-order valence-electron chi connectivity index (χ4n) is 2.63. The van der Waals surface area contributed by atoms with Gasteiger partial charge in [-0.3, -0.25) is 0 Å². The second-order valence-electron chi connectivity index (χ2n) is 5.67. The Balaban J connectivity index is 1.30. The Bertz CT molecular complexity index is 873. The number of urea groups is 1. The quantitative estimate of drug-likeness (QED) is 0.743. The number of aromatic nitrogens is 1. The van der Waals surface area contributed by atoms with Crippen LogP contribution in [0.2, 0.25) is 0 Å². The van der Waals surface area contributed by atoms with Crippen LogP contribution in [0.15, 0.2) is 35.7 Å². The molecule has 1 aliphatic rings. The van der Waals surface area contributed by atoms with Gasteiger partial charge in [-0.1, -0.05) is 23.5 Å². The molecule has 1 fully saturated rings. The van der Waals surface area contributed by atoms with Gasteiger partial charge >= 0.3 is 6.03 Å². The first kappa shape index (κ1) is 16.2. The van der Waals surface area contributed by atoms with Crippen LogP contribution in [0.3, 0.4) is 0 Å². The lowest BCUT2D eigenvalue weighted by atomic mass is 10.2. The van der Waals surface area contributed by atoms with Crippen LogP contribution in [-0.2, 0) is 6.54 Å². The molecule has 4 rings (SSSR count). The van der Waals surface area contributed by atoms with Crippen molar-refractivity contribution in [2.75, 3.05) is 20.2 Å². The number of para-hydroxylation sites is 1. The average Bonchev–Trinajstić information content (AvgIpc) is 3.24. The minimum atomic E-state index is -0.0563. The number of methoxy groups -OCH3 is 1. The Morgan fingerprint density at radius 2 is 2.24 bits per heavy atom. The van der Waals surface area contributed by atoms with Crippen molar-refractivity contribution in [2.45, 2.75) is 12.6 Å². The van der Waals surface area contributed by atoms with Crippen LogP contribution in [0.1, 0.15) is 4.88 Å². The lowest BCUT2D eigenvalue weighted by Gasteiger charge is -2.38. The van der Waals surface area contributed by atoms with Gasteiger partial charge in [0.1, 0.15) is 17.4 Å². The van der Waals surface area contributed by atoms with E-state index in [1.54, 1.807) is 23.3 Å². The predicted octanol–water partition coefficient (Wildman–Crippen LogP) is 3.34. The molecule has 0 saturated carbocycles. The fraction of sp³-hybridized carbons (Fsp3) is 0.294. The van der Waals surface area contributed by atoms with Crippen molar-refractivity contribution < 1.29 is 14.3 Å². The maximum absolute atomic E-state index is 12.1. The number of hydrogen-bond donors (Lipinski definition) is 1. The van der Waals surface area contributed by atoms with E-state index in [1.165, 1.54) is 11.3 Å². The number of thiazole rings is 1. The molecular weight excluding hydrogens is 358 g/mol. The Kier molecular flexibility index (Phi) is 4.46. The maximum atomic E-state index is 12.1. The van der Waals surface area contributed by atoms with Gasteiger partial charge in [0.15, 0.2) is 0 Å². The highest BCUT2D eigenvalue weighted by Gasteiger charge is 2.33. The van der Waals surface area contributed by atoms with Gasteiger partial charge in [-0.05, 0) is 23.6 Å². The van der Waals surface area contributed by atoms with Gasteiger partial charge in [-0.25, -0.2) is 4.79 Å². The molecule has 8 heteroatoms. The molecule has 0 atom stereocenters. The number of benzene rings is 1. The molecule has 0 radical (unpaired) electrons. The second-order valence-corrected chi connectivity index (χ2v) is 7.70. The number of nitrogens with one attached hydrogen (secondary N) is 1. The highest BCUT2D eigenvalue weighted by Crippen LogP contribution is 2.34. The summed E-state index contributed by atoms with van der Waals surface area (Å²) in [6, 6.07) is 9.74. The van der Waals surface area contributed by atoms with Crippen molar-refractivity contribution in [2.24, 2.45) is 0 Å². The van der Waals surface area contributed by atoms with E-state index in [4.69, 9.17) is 9.47 Å². The molecule has 0 unspecified atom stereocenters.